The van der Waals surface area contributed by atoms with Crippen molar-refractivity contribution in [2.24, 2.45) is 23.5 Å². The van der Waals surface area contributed by atoms with Crippen LogP contribution in [0.25, 0.3) is 0 Å². The number of hydroxylamine groups is 2. The Labute approximate surface area is 89.7 Å². The van der Waals surface area contributed by atoms with Crippen LogP contribution in [0.4, 0.5) is 0 Å². The lowest BCUT2D eigenvalue weighted by atomic mass is 9.84. The summed E-state index contributed by atoms with van der Waals surface area (Å²) in [6.45, 7) is 1.43. The van der Waals surface area contributed by atoms with Crippen molar-refractivity contribution in [2.75, 3.05) is 13.2 Å². The molecule has 4 unspecified atom stereocenters. The molecule has 1 amide bonds. The van der Waals surface area contributed by atoms with Gasteiger partial charge in [-0.1, -0.05) is 0 Å². The number of hydrogen-bond acceptors (Lipinski definition) is 3. The van der Waals surface area contributed by atoms with Gasteiger partial charge in [-0.25, -0.2) is 5.06 Å². The summed E-state index contributed by atoms with van der Waals surface area (Å²) in [4.78, 5) is 17.5. The van der Waals surface area contributed by atoms with Crippen molar-refractivity contribution in [3.8, 4) is 0 Å². The van der Waals surface area contributed by atoms with Crippen LogP contribution in [0.2, 0.25) is 0 Å². The lowest BCUT2D eigenvalue weighted by Crippen LogP contribution is -2.45. The predicted octanol–water partition coefficient (Wildman–Crippen LogP) is 0.524. The van der Waals surface area contributed by atoms with E-state index in [9.17, 15) is 4.79 Å². The standard InChI is InChI=1S/C11H18N2O2/c12-10-8-3-2-7(6-8)9(10)11(14)13-4-1-5-15-13/h7-10H,1-6,12H2. The van der Waals surface area contributed by atoms with Gasteiger partial charge in [-0.05, 0) is 37.5 Å². The highest BCUT2D eigenvalue weighted by Crippen LogP contribution is 2.48. The van der Waals surface area contributed by atoms with Crippen molar-refractivity contribution < 1.29 is 9.63 Å². The maximum Gasteiger partial charge on any atom is 0.251 e. The number of nitrogens with zero attached hydrogens (tertiary/aromatic N) is 1. The molecule has 4 atom stereocenters. The quantitative estimate of drug-likeness (QED) is 0.686. The Hall–Kier alpha value is -0.610. The Kier molecular flexibility index (Phi) is 2.21. The normalized spacial score (nSPS) is 43.9. The van der Waals surface area contributed by atoms with Gasteiger partial charge in [-0.3, -0.25) is 9.63 Å². The van der Waals surface area contributed by atoms with Crippen LogP contribution in [0.15, 0.2) is 0 Å². The third kappa shape index (κ3) is 1.39. The van der Waals surface area contributed by atoms with Gasteiger partial charge in [0.2, 0.25) is 0 Å². The summed E-state index contributed by atoms with van der Waals surface area (Å²) in [5.74, 6) is 1.31. The minimum absolute atomic E-state index is 0.0434. The van der Waals surface area contributed by atoms with E-state index in [1.165, 1.54) is 12.8 Å². The third-order valence-electron chi connectivity index (χ3n) is 4.26. The third-order valence-corrected chi connectivity index (χ3v) is 4.26. The van der Waals surface area contributed by atoms with E-state index in [1.54, 1.807) is 5.06 Å². The summed E-state index contributed by atoms with van der Waals surface area (Å²) in [6.07, 6.45) is 4.52. The largest absolute Gasteiger partial charge is 0.327 e. The zero-order valence-corrected chi connectivity index (χ0v) is 8.89. The fraction of sp³-hybridized carbons (Fsp3) is 0.909. The summed E-state index contributed by atoms with van der Waals surface area (Å²) in [5, 5.41) is 1.55. The Bertz CT molecular complexity index is 274. The van der Waals surface area contributed by atoms with Crippen molar-refractivity contribution in [3.05, 3.63) is 0 Å². The first-order valence-corrected chi connectivity index (χ1v) is 5.97. The molecule has 0 aromatic carbocycles. The monoisotopic (exact) mass is 210 g/mol. The number of carbonyl (C=O) groups excluding carboxylic acids is 1. The molecule has 4 heteroatoms. The Morgan fingerprint density at radius 3 is 2.73 bits per heavy atom. The molecule has 15 heavy (non-hydrogen) atoms. The van der Waals surface area contributed by atoms with Gasteiger partial charge < -0.3 is 5.73 Å². The number of rotatable bonds is 1. The number of amides is 1. The van der Waals surface area contributed by atoms with Crippen LogP contribution < -0.4 is 5.73 Å². The van der Waals surface area contributed by atoms with Crippen LogP contribution in [-0.2, 0) is 9.63 Å². The Morgan fingerprint density at radius 2 is 2.13 bits per heavy atom. The molecule has 0 aromatic heterocycles. The van der Waals surface area contributed by atoms with Crippen LogP contribution in [0, 0.1) is 17.8 Å². The smallest absolute Gasteiger partial charge is 0.251 e. The summed E-state index contributed by atoms with van der Waals surface area (Å²) in [7, 11) is 0. The highest BCUT2D eigenvalue weighted by Gasteiger charge is 2.50. The lowest BCUT2D eigenvalue weighted by Gasteiger charge is -2.29. The molecule has 2 N–H and O–H groups in total. The summed E-state index contributed by atoms with van der Waals surface area (Å²) < 4.78 is 0. The topological polar surface area (TPSA) is 55.6 Å². The number of fused-ring (bicyclic) bond motifs is 2. The lowest BCUT2D eigenvalue weighted by molar-refractivity contribution is -0.175. The SMILES string of the molecule is NC1C2CCC(C2)C1C(=O)N1CCCO1. The summed E-state index contributed by atoms with van der Waals surface area (Å²) in [6, 6.07) is 0.0837. The molecule has 1 saturated heterocycles. The molecular formula is C11H18N2O2. The summed E-state index contributed by atoms with van der Waals surface area (Å²) in [5.41, 5.74) is 6.13. The van der Waals surface area contributed by atoms with Crippen LogP contribution in [0.1, 0.15) is 25.7 Å². The van der Waals surface area contributed by atoms with Crippen LogP contribution in [0.5, 0.6) is 0 Å². The second-order valence-electron chi connectivity index (χ2n) is 5.06. The first kappa shape index (κ1) is 9.60. The van der Waals surface area contributed by atoms with E-state index in [1.807, 2.05) is 0 Å². The van der Waals surface area contributed by atoms with E-state index in [4.69, 9.17) is 10.6 Å². The molecule has 3 rings (SSSR count). The van der Waals surface area contributed by atoms with Gasteiger partial charge in [0, 0.05) is 6.04 Å². The van der Waals surface area contributed by atoms with Gasteiger partial charge in [0.05, 0.1) is 19.1 Å². The van der Waals surface area contributed by atoms with Gasteiger partial charge in [0.15, 0.2) is 0 Å². The van der Waals surface area contributed by atoms with Crippen LogP contribution in [-0.4, -0.2) is 30.2 Å². The fourth-order valence-electron chi connectivity index (χ4n) is 3.49. The number of carbonyl (C=O) groups is 1. The molecule has 4 nitrogen and oxygen atoms in total. The second kappa shape index (κ2) is 3.46. The summed E-state index contributed by atoms with van der Waals surface area (Å²) >= 11 is 0. The van der Waals surface area contributed by atoms with Crippen molar-refractivity contribution >= 4 is 5.91 Å². The maximum absolute atomic E-state index is 12.2. The van der Waals surface area contributed by atoms with Crippen molar-refractivity contribution in [1.29, 1.82) is 0 Å². The molecule has 84 valence electrons. The molecule has 0 spiro atoms. The zero-order valence-electron chi connectivity index (χ0n) is 8.89. The highest BCUT2D eigenvalue weighted by molar-refractivity contribution is 5.79. The molecule has 3 fully saturated rings. The molecule has 3 aliphatic rings. The van der Waals surface area contributed by atoms with E-state index in [2.05, 4.69) is 0 Å². The minimum Gasteiger partial charge on any atom is -0.327 e. The molecular weight excluding hydrogens is 192 g/mol. The number of hydrogen-bond donors (Lipinski definition) is 1. The molecule has 1 heterocycles. The van der Waals surface area contributed by atoms with Crippen molar-refractivity contribution in [2.45, 2.75) is 31.7 Å². The maximum atomic E-state index is 12.2. The molecule has 2 aliphatic carbocycles. The van der Waals surface area contributed by atoms with E-state index >= 15 is 0 Å². The number of nitrogens with two attached hydrogens (primary N) is 1. The van der Waals surface area contributed by atoms with E-state index in [0.29, 0.717) is 18.4 Å². The first-order chi connectivity index (χ1) is 7.27. The van der Waals surface area contributed by atoms with E-state index in [0.717, 1.165) is 19.4 Å². The Morgan fingerprint density at radius 1 is 1.33 bits per heavy atom. The molecule has 2 saturated carbocycles. The second-order valence-corrected chi connectivity index (χ2v) is 5.06. The highest BCUT2D eigenvalue weighted by atomic mass is 16.7. The van der Waals surface area contributed by atoms with Crippen LogP contribution >= 0.6 is 0 Å². The zero-order chi connectivity index (χ0) is 10.4. The molecule has 0 radical (unpaired) electrons. The van der Waals surface area contributed by atoms with Crippen molar-refractivity contribution in [1.82, 2.24) is 5.06 Å². The Balaban J connectivity index is 1.73. The first-order valence-electron chi connectivity index (χ1n) is 5.97. The fourth-order valence-corrected chi connectivity index (χ4v) is 3.49. The van der Waals surface area contributed by atoms with Gasteiger partial charge in [-0.2, -0.15) is 0 Å². The molecule has 1 aliphatic heterocycles. The van der Waals surface area contributed by atoms with Gasteiger partial charge >= 0.3 is 0 Å². The predicted molar refractivity (Wildman–Crippen MR) is 54.6 cm³/mol. The van der Waals surface area contributed by atoms with Crippen LogP contribution in [0.3, 0.4) is 0 Å². The molecule has 0 aromatic rings. The minimum atomic E-state index is 0.0434. The van der Waals surface area contributed by atoms with Gasteiger partial charge in [-0.15, -0.1) is 0 Å². The molecule has 2 bridgehead atoms. The van der Waals surface area contributed by atoms with E-state index < -0.39 is 0 Å². The average molecular weight is 210 g/mol. The van der Waals surface area contributed by atoms with Gasteiger partial charge in [0.25, 0.3) is 5.91 Å². The van der Waals surface area contributed by atoms with Gasteiger partial charge in [0.1, 0.15) is 0 Å². The van der Waals surface area contributed by atoms with Crippen molar-refractivity contribution in [3.63, 3.8) is 0 Å². The van der Waals surface area contributed by atoms with E-state index in [-0.39, 0.29) is 17.9 Å². The average Bonchev–Trinajstić information content (AvgIpc) is 2.93.